The van der Waals surface area contributed by atoms with Gasteiger partial charge in [0.15, 0.2) is 5.82 Å². The van der Waals surface area contributed by atoms with Gasteiger partial charge in [0.05, 0.1) is 0 Å². The van der Waals surface area contributed by atoms with Crippen LogP contribution in [0.15, 0.2) is 30.3 Å². The Morgan fingerprint density at radius 1 is 1.00 bits per heavy atom. The third kappa shape index (κ3) is 2.19. The summed E-state index contributed by atoms with van der Waals surface area (Å²) in [5, 5.41) is 3.04. The van der Waals surface area contributed by atoms with Crippen LogP contribution in [0, 0.1) is 13.8 Å². The normalized spacial score (nSPS) is 10.2. The van der Waals surface area contributed by atoms with Crippen molar-refractivity contribution in [2.75, 3.05) is 12.4 Å². The summed E-state index contributed by atoms with van der Waals surface area (Å²) >= 11 is 0. The van der Waals surface area contributed by atoms with E-state index < -0.39 is 0 Å². The highest BCUT2D eigenvalue weighted by atomic mass is 15.0. The number of anilines is 1. The summed E-state index contributed by atoms with van der Waals surface area (Å²) in [4.78, 5) is 8.86. The van der Waals surface area contributed by atoms with Gasteiger partial charge in [-0.25, -0.2) is 9.97 Å². The van der Waals surface area contributed by atoms with E-state index >= 15 is 0 Å². The van der Waals surface area contributed by atoms with E-state index in [0.29, 0.717) is 0 Å². The van der Waals surface area contributed by atoms with Gasteiger partial charge in [-0.15, -0.1) is 0 Å². The van der Waals surface area contributed by atoms with Gasteiger partial charge in [-0.2, -0.15) is 0 Å². The smallest absolute Gasteiger partial charge is 0.161 e. The molecule has 0 spiro atoms. The fraction of sp³-hybridized carbons (Fsp3) is 0.231. The molecule has 1 aromatic carbocycles. The van der Waals surface area contributed by atoms with Crippen LogP contribution in [-0.2, 0) is 0 Å². The van der Waals surface area contributed by atoms with Crippen LogP contribution in [0.5, 0.6) is 0 Å². The van der Waals surface area contributed by atoms with Gasteiger partial charge in [-0.3, -0.25) is 0 Å². The molecule has 0 radical (unpaired) electrons. The number of hydrogen-bond acceptors (Lipinski definition) is 3. The molecule has 0 bridgehead atoms. The van der Waals surface area contributed by atoms with Crippen molar-refractivity contribution in [2.24, 2.45) is 0 Å². The summed E-state index contributed by atoms with van der Waals surface area (Å²) in [5.74, 6) is 1.62. The molecule has 0 aliphatic rings. The molecule has 1 heterocycles. The average molecular weight is 213 g/mol. The summed E-state index contributed by atoms with van der Waals surface area (Å²) in [6, 6.07) is 10.2. The second-order valence-corrected chi connectivity index (χ2v) is 3.83. The second-order valence-electron chi connectivity index (χ2n) is 3.83. The van der Waals surface area contributed by atoms with Crippen LogP contribution in [0.4, 0.5) is 5.82 Å². The number of aryl methyl sites for hydroxylation is 2. The van der Waals surface area contributed by atoms with Gasteiger partial charge in [-0.1, -0.05) is 29.8 Å². The minimum Gasteiger partial charge on any atom is -0.373 e. The largest absolute Gasteiger partial charge is 0.373 e. The molecule has 0 aliphatic heterocycles. The Morgan fingerprint density at radius 3 is 2.31 bits per heavy atom. The first-order chi connectivity index (χ1) is 7.69. The van der Waals surface area contributed by atoms with Crippen LogP contribution in [-0.4, -0.2) is 17.0 Å². The molecule has 2 aromatic rings. The third-order valence-corrected chi connectivity index (χ3v) is 2.42. The van der Waals surface area contributed by atoms with E-state index in [1.165, 1.54) is 5.56 Å². The van der Waals surface area contributed by atoms with E-state index in [1.54, 1.807) is 0 Å². The summed E-state index contributed by atoms with van der Waals surface area (Å²) in [7, 11) is 1.86. The quantitative estimate of drug-likeness (QED) is 0.833. The maximum Gasteiger partial charge on any atom is 0.161 e. The first-order valence-corrected chi connectivity index (χ1v) is 5.29. The monoisotopic (exact) mass is 213 g/mol. The first-order valence-electron chi connectivity index (χ1n) is 5.29. The van der Waals surface area contributed by atoms with Gasteiger partial charge < -0.3 is 5.32 Å². The van der Waals surface area contributed by atoms with Crippen molar-refractivity contribution in [3.63, 3.8) is 0 Å². The molecule has 1 aromatic heterocycles. The molecule has 16 heavy (non-hydrogen) atoms. The lowest BCUT2D eigenvalue weighted by Crippen LogP contribution is -1.98. The molecule has 0 aliphatic carbocycles. The number of aromatic nitrogens is 2. The summed E-state index contributed by atoms with van der Waals surface area (Å²) in [6.07, 6.45) is 0. The molecule has 0 unspecified atom stereocenters. The second kappa shape index (κ2) is 4.31. The Kier molecular flexibility index (Phi) is 2.86. The van der Waals surface area contributed by atoms with E-state index in [-0.39, 0.29) is 0 Å². The van der Waals surface area contributed by atoms with E-state index in [0.717, 1.165) is 22.9 Å². The zero-order valence-electron chi connectivity index (χ0n) is 9.78. The van der Waals surface area contributed by atoms with Crippen LogP contribution >= 0.6 is 0 Å². The molecule has 2 rings (SSSR count). The van der Waals surface area contributed by atoms with E-state index in [4.69, 9.17) is 0 Å². The minimum absolute atomic E-state index is 0.768. The Labute approximate surface area is 95.6 Å². The first kappa shape index (κ1) is 10.6. The van der Waals surface area contributed by atoms with Crippen molar-refractivity contribution in [2.45, 2.75) is 13.8 Å². The highest BCUT2D eigenvalue weighted by Crippen LogP contribution is 2.18. The van der Waals surface area contributed by atoms with Crippen molar-refractivity contribution >= 4 is 5.82 Å². The molecular formula is C13H15N3. The van der Waals surface area contributed by atoms with E-state index in [2.05, 4.69) is 34.3 Å². The summed E-state index contributed by atoms with van der Waals surface area (Å²) < 4.78 is 0. The predicted molar refractivity (Wildman–Crippen MR) is 66.5 cm³/mol. The molecule has 82 valence electrons. The van der Waals surface area contributed by atoms with Crippen molar-refractivity contribution in [3.05, 3.63) is 41.6 Å². The van der Waals surface area contributed by atoms with Gasteiger partial charge >= 0.3 is 0 Å². The Morgan fingerprint density at radius 2 is 1.69 bits per heavy atom. The predicted octanol–water partition coefficient (Wildman–Crippen LogP) is 2.80. The molecule has 3 heteroatoms. The molecule has 0 atom stereocenters. The molecule has 0 saturated carbocycles. The van der Waals surface area contributed by atoms with Gasteiger partial charge in [0.2, 0.25) is 0 Å². The fourth-order valence-electron chi connectivity index (χ4n) is 1.53. The Hall–Kier alpha value is -1.90. The standard InChI is InChI=1S/C13H15N3/c1-9-4-6-11(7-5-9)13-15-10(2)8-12(14-3)16-13/h4-8H,1-3H3,(H,14,15,16). The number of nitrogens with one attached hydrogen (secondary N) is 1. The van der Waals surface area contributed by atoms with Crippen molar-refractivity contribution in [1.82, 2.24) is 9.97 Å². The van der Waals surface area contributed by atoms with Crippen molar-refractivity contribution in [3.8, 4) is 11.4 Å². The molecule has 0 amide bonds. The Balaban J connectivity index is 2.47. The minimum atomic E-state index is 0.768. The van der Waals surface area contributed by atoms with E-state index in [1.807, 2.05) is 32.2 Å². The molecule has 3 nitrogen and oxygen atoms in total. The maximum absolute atomic E-state index is 4.43. The molecule has 1 N–H and O–H groups in total. The van der Waals surface area contributed by atoms with Crippen LogP contribution in [0.2, 0.25) is 0 Å². The van der Waals surface area contributed by atoms with Crippen LogP contribution in [0.3, 0.4) is 0 Å². The number of benzene rings is 1. The van der Waals surface area contributed by atoms with E-state index in [9.17, 15) is 0 Å². The zero-order valence-corrected chi connectivity index (χ0v) is 9.78. The van der Waals surface area contributed by atoms with Gasteiger partial charge in [0, 0.05) is 24.4 Å². The number of nitrogens with zero attached hydrogens (tertiary/aromatic N) is 2. The average Bonchev–Trinajstić information content (AvgIpc) is 2.29. The zero-order chi connectivity index (χ0) is 11.5. The van der Waals surface area contributed by atoms with Gasteiger partial charge in [-0.05, 0) is 13.8 Å². The Bertz CT molecular complexity index is 489. The molecule has 0 fully saturated rings. The highest BCUT2D eigenvalue weighted by molar-refractivity contribution is 5.57. The fourth-order valence-corrected chi connectivity index (χ4v) is 1.53. The van der Waals surface area contributed by atoms with Crippen molar-refractivity contribution in [1.29, 1.82) is 0 Å². The van der Waals surface area contributed by atoms with Gasteiger partial charge in [0.1, 0.15) is 5.82 Å². The lowest BCUT2D eigenvalue weighted by molar-refractivity contribution is 1.11. The van der Waals surface area contributed by atoms with Crippen molar-refractivity contribution < 1.29 is 0 Å². The van der Waals surface area contributed by atoms with Crippen LogP contribution in [0.25, 0.3) is 11.4 Å². The topological polar surface area (TPSA) is 37.8 Å². The molecule has 0 saturated heterocycles. The lowest BCUT2D eigenvalue weighted by Gasteiger charge is -2.05. The highest BCUT2D eigenvalue weighted by Gasteiger charge is 2.03. The third-order valence-electron chi connectivity index (χ3n) is 2.42. The summed E-state index contributed by atoms with van der Waals surface area (Å²) in [5.41, 5.74) is 3.26. The van der Waals surface area contributed by atoms with Crippen LogP contribution in [0.1, 0.15) is 11.3 Å². The maximum atomic E-state index is 4.43. The lowest BCUT2D eigenvalue weighted by atomic mass is 10.1. The van der Waals surface area contributed by atoms with Gasteiger partial charge in [0.25, 0.3) is 0 Å². The summed E-state index contributed by atoms with van der Waals surface area (Å²) in [6.45, 7) is 4.04. The molecular weight excluding hydrogens is 198 g/mol. The number of hydrogen-bond donors (Lipinski definition) is 1. The number of rotatable bonds is 2. The van der Waals surface area contributed by atoms with Crippen LogP contribution < -0.4 is 5.32 Å². The SMILES string of the molecule is CNc1cc(C)nc(-c2ccc(C)cc2)n1.